The van der Waals surface area contributed by atoms with Gasteiger partial charge >= 0.3 is 12.7 Å². The maximum absolute atomic E-state index is 12.7. The SMILES string of the molecule is CN=C(NCc1nc(C(F)(F)F)cs1)NCc1nccn1C(F)F.I. The highest BCUT2D eigenvalue weighted by Gasteiger charge is 2.33. The predicted octanol–water partition coefficient (Wildman–Crippen LogP) is 3.24. The summed E-state index contributed by atoms with van der Waals surface area (Å²) < 4.78 is 63.5. The fourth-order valence-electron chi connectivity index (χ4n) is 1.72. The van der Waals surface area contributed by atoms with Crippen LogP contribution in [0.4, 0.5) is 22.0 Å². The fraction of sp³-hybridized carbons (Fsp3) is 0.417. The molecule has 0 atom stereocenters. The van der Waals surface area contributed by atoms with Crippen LogP contribution in [0.5, 0.6) is 0 Å². The number of hydrogen-bond acceptors (Lipinski definition) is 4. The van der Waals surface area contributed by atoms with Gasteiger partial charge in [0.1, 0.15) is 10.8 Å². The molecule has 0 aromatic carbocycles. The van der Waals surface area contributed by atoms with Crippen molar-refractivity contribution in [2.24, 2.45) is 4.99 Å². The summed E-state index contributed by atoms with van der Waals surface area (Å²) in [6, 6.07) is 0. The highest BCUT2D eigenvalue weighted by molar-refractivity contribution is 14.0. The molecule has 0 saturated carbocycles. The average Bonchev–Trinajstić information content (AvgIpc) is 3.15. The third-order valence-corrected chi connectivity index (χ3v) is 3.69. The van der Waals surface area contributed by atoms with Gasteiger partial charge in [0.25, 0.3) is 0 Å². The number of alkyl halides is 5. The lowest BCUT2D eigenvalue weighted by Gasteiger charge is -2.11. The van der Waals surface area contributed by atoms with E-state index in [2.05, 4.69) is 25.6 Å². The minimum atomic E-state index is -4.49. The molecule has 25 heavy (non-hydrogen) atoms. The Morgan fingerprint density at radius 2 is 2.00 bits per heavy atom. The van der Waals surface area contributed by atoms with Crippen LogP contribution in [0.2, 0.25) is 0 Å². The van der Waals surface area contributed by atoms with Crippen molar-refractivity contribution in [3.05, 3.63) is 34.3 Å². The van der Waals surface area contributed by atoms with Gasteiger partial charge in [-0.2, -0.15) is 22.0 Å². The largest absolute Gasteiger partial charge is 0.434 e. The second-order valence-corrected chi connectivity index (χ2v) is 5.37. The van der Waals surface area contributed by atoms with Crippen LogP contribution >= 0.6 is 35.3 Å². The molecule has 0 amide bonds. The standard InChI is InChI=1S/C12H13F5N6S.HI/c1-18-11(20-4-8-19-2-3-23(8)10(13)14)21-5-9-22-7(6-24-9)12(15,16)17;/h2-3,6,10H,4-5H2,1H3,(H2,18,20,21);1H. The Hall–Kier alpha value is -1.51. The van der Waals surface area contributed by atoms with E-state index in [0.717, 1.165) is 22.9 Å². The summed E-state index contributed by atoms with van der Waals surface area (Å²) in [6.45, 7) is -2.72. The topological polar surface area (TPSA) is 67.1 Å². The average molecular weight is 496 g/mol. The first-order chi connectivity index (χ1) is 11.3. The van der Waals surface area contributed by atoms with Gasteiger partial charge in [0.15, 0.2) is 11.7 Å². The van der Waals surface area contributed by atoms with E-state index in [1.54, 1.807) is 0 Å². The van der Waals surface area contributed by atoms with Gasteiger partial charge < -0.3 is 10.6 Å². The molecular weight excluding hydrogens is 482 g/mol. The molecule has 0 aliphatic rings. The predicted molar refractivity (Wildman–Crippen MR) is 93.0 cm³/mol. The Labute approximate surface area is 160 Å². The van der Waals surface area contributed by atoms with Crippen molar-refractivity contribution in [2.75, 3.05) is 7.05 Å². The Kier molecular flexibility index (Phi) is 7.98. The zero-order valence-corrected chi connectivity index (χ0v) is 15.9. The van der Waals surface area contributed by atoms with Gasteiger partial charge in [-0.15, -0.1) is 35.3 Å². The first kappa shape index (κ1) is 21.5. The van der Waals surface area contributed by atoms with Gasteiger partial charge in [0.2, 0.25) is 0 Å². The Balaban J connectivity index is 0.00000312. The summed E-state index contributed by atoms with van der Waals surface area (Å²) in [5, 5.41) is 6.65. The lowest BCUT2D eigenvalue weighted by molar-refractivity contribution is -0.140. The monoisotopic (exact) mass is 496 g/mol. The molecule has 0 aliphatic carbocycles. The molecule has 0 saturated heterocycles. The molecule has 0 unspecified atom stereocenters. The second-order valence-electron chi connectivity index (χ2n) is 4.43. The number of hydrogen-bond donors (Lipinski definition) is 2. The molecule has 13 heteroatoms. The lowest BCUT2D eigenvalue weighted by Crippen LogP contribution is -2.37. The van der Waals surface area contributed by atoms with Crippen LogP contribution in [0.25, 0.3) is 0 Å². The summed E-state index contributed by atoms with van der Waals surface area (Å²) in [5.74, 6) is 0.323. The molecule has 140 valence electrons. The first-order valence-corrected chi connectivity index (χ1v) is 7.45. The molecule has 2 N–H and O–H groups in total. The van der Waals surface area contributed by atoms with Crippen molar-refractivity contribution in [3.8, 4) is 0 Å². The van der Waals surface area contributed by atoms with Crippen molar-refractivity contribution >= 4 is 41.3 Å². The van der Waals surface area contributed by atoms with E-state index in [4.69, 9.17) is 0 Å². The highest BCUT2D eigenvalue weighted by Crippen LogP contribution is 2.29. The molecule has 2 aromatic rings. The number of nitrogens with zero attached hydrogens (tertiary/aromatic N) is 4. The van der Waals surface area contributed by atoms with Crippen molar-refractivity contribution in [3.63, 3.8) is 0 Å². The van der Waals surface area contributed by atoms with E-state index in [9.17, 15) is 22.0 Å². The van der Waals surface area contributed by atoms with Crippen LogP contribution in [0.3, 0.4) is 0 Å². The number of aliphatic imine (C=N–C) groups is 1. The van der Waals surface area contributed by atoms with E-state index in [1.807, 2.05) is 0 Å². The van der Waals surface area contributed by atoms with E-state index in [1.165, 1.54) is 13.2 Å². The van der Waals surface area contributed by atoms with Crippen molar-refractivity contribution in [1.82, 2.24) is 25.2 Å². The normalized spacial score (nSPS) is 12.2. The molecule has 2 heterocycles. The van der Waals surface area contributed by atoms with E-state index in [-0.39, 0.29) is 53.9 Å². The van der Waals surface area contributed by atoms with Gasteiger partial charge in [-0.3, -0.25) is 9.56 Å². The fourth-order valence-corrected chi connectivity index (χ4v) is 2.46. The molecule has 0 fully saturated rings. The Bertz CT molecular complexity index is 698. The minimum Gasteiger partial charge on any atom is -0.350 e. The minimum absolute atomic E-state index is 0. The van der Waals surface area contributed by atoms with Gasteiger partial charge in [-0.05, 0) is 0 Å². The summed E-state index contributed by atoms with van der Waals surface area (Å²) in [7, 11) is 1.44. The van der Waals surface area contributed by atoms with Crippen LogP contribution in [0.1, 0.15) is 23.1 Å². The second kappa shape index (κ2) is 9.26. The molecule has 0 aliphatic heterocycles. The quantitative estimate of drug-likeness (QED) is 0.289. The molecule has 0 radical (unpaired) electrons. The summed E-state index contributed by atoms with van der Waals surface area (Å²) in [5.41, 5.74) is -0.953. The molecule has 2 aromatic heterocycles. The maximum atomic E-state index is 12.7. The van der Waals surface area contributed by atoms with Crippen LogP contribution in [-0.2, 0) is 19.3 Å². The van der Waals surface area contributed by atoms with Crippen molar-refractivity contribution in [2.45, 2.75) is 25.8 Å². The van der Waals surface area contributed by atoms with Crippen LogP contribution in [0.15, 0.2) is 22.8 Å². The van der Waals surface area contributed by atoms with Gasteiger partial charge in [0, 0.05) is 24.8 Å². The molecule has 0 bridgehead atoms. The number of guanidine groups is 1. The smallest absolute Gasteiger partial charge is 0.350 e. The number of rotatable bonds is 5. The van der Waals surface area contributed by atoms with Gasteiger partial charge in [-0.1, -0.05) is 0 Å². The summed E-state index contributed by atoms with van der Waals surface area (Å²) in [6.07, 6.45) is -2.10. The highest BCUT2D eigenvalue weighted by atomic mass is 127. The van der Waals surface area contributed by atoms with E-state index in [0.29, 0.717) is 4.57 Å². The zero-order chi connectivity index (χ0) is 17.7. The molecule has 0 spiro atoms. The Morgan fingerprint density at radius 1 is 1.32 bits per heavy atom. The molecule has 6 nitrogen and oxygen atoms in total. The van der Waals surface area contributed by atoms with E-state index >= 15 is 0 Å². The number of aromatic nitrogens is 3. The number of nitrogens with one attached hydrogen (secondary N) is 2. The maximum Gasteiger partial charge on any atom is 0.434 e. The Morgan fingerprint density at radius 3 is 2.56 bits per heavy atom. The third-order valence-electron chi connectivity index (χ3n) is 2.85. The summed E-state index contributed by atoms with van der Waals surface area (Å²) >= 11 is 0.859. The van der Waals surface area contributed by atoms with Crippen molar-refractivity contribution < 1.29 is 22.0 Å². The third kappa shape index (κ3) is 6.05. The first-order valence-electron chi connectivity index (χ1n) is 6.57. The number of halogens is 6. The van der Waals surface area contributed by atoms with E-state index < -0.39 is 18.4 Å². The van der Waals surface area contributed by atoms with Crippen LogP contribution in [-0.4, -0.2) is 27.5 Å². The van der Waals surface area contributed by atoms with Gasteiger partial charge in [-0.25, -0.2) is 9.97 Å². The van der Waals surface area contributed by atoms with Crippen LogP contribution in [0, 0.1) is 0 Å². The number of thiazole rings is 1. The molecular formula is C12H14F5IN6S. The van der Waals surface area contributed by atoms with Gasteiger partial charge in [0.05, 0.1) is 13.1 Å². The van der Waals surface area contributed by atoms with Crippen molar-refractivity contribution in [1.29, 1.82) is 0 Å². The zero-order valence-electron chi connectivity index (χ0n) is 12.7. The lowest BCUT2D eigenvalue weighted by atomic mass is 10.5. The number of imidazole rings is 1. The van der Waals surface area contributed by atoms with Crippen LogP contribution < -0.4 is 10.6 Å². The summed E-state index contributed by atoms with van der Waals surface area (Å²) in [4.78, 5) is 11.1. The molecule has 2 rings (SSSR count).